The molecule has 2 heterocycles. The maximum atomic E-state index is 11.9. The number of hydrogen-bond acceptors (Lipinski definition) is 4. The van der Waals surface area contributed by atoms with Gasteiger partial charge < -0.3 is 19.9 Å². The van der Waals surface area contributed by atoms with E-state index in [2.05, 4.69) is 12.2 Å². The van der Waals surface area contributed by atoms with Crippen LogP contribution in [-0.4, -0.2) is 48.4 Å². The van der Waals surface area contributed by atoms with E-state index < -0.39 is 18.2 Å². The number of carbonyl (C=O) groups excluding carboxylic acids is 1. The molecule has 6 heteroatoms. The summed E-state index contributed by atoms with van der Waals surface area (Å²) in [5.74, 6) is -0.846. The van der Waals surface area contributed by atoms with E-state index in [0.29, 0.717) is 25.3 Å². The van der Waals surface area contributed by atoms with Crippen LogP contribution in [0.2, 0.25) is 0 Å². The fraction of sp³-hybridized carbons (Fsp3) is 0.846. The topological polar surface area (TPSA) is 84.9 Å². The van der Waals surface area contributed by atoms with E-state index in [0.717, 1.165) is 19.4 Å². The molecule has 108 valence electrons. The van der Waals surface area contributed by atoms with E-state index in [1.807, 2.05) is 0 Å². The molecule has 0 aromatic heterocycles. The molecule has 2 rings (SSSR count). The predicted octanol–water partition coefficient (Wildman–Crippen LogP) is 0.550. The van der Waals surface area contributed by atoms with Gasteiger partial charge >= 0.3 is 5.97 Å². The molecule has 2 aliphatic rings. The van der Waals surface area contributed by atoms with Gasteiger partial charge in [-0.05, 0) is 25.7 Å². The van der Waals surface area contributed by atoms with Crippen molar-refractivity contribution in [1.29, 1.82) is 0 Å². The SMILES string of the molecule is CCC1OCCC1CNC(=O)[C@@H]1CC[C@H](C(=O)O)O1. The van der Waals surface area contributed by atoms with E-state index in [-0.39, 0.29) is 12.0 Å². The highest BCUT2D eigenvalue weighted by molar-refractivity contribution is 5.82. The molecule has 4 atom stereocenters. The molecule has 0 bridgehead atoms. The van der Waals surface area contributed by atoms with Crippen molar-refractivity contribution in [1.82, 2.24) is 5.32 Å². The molecule has 6 nitrogen and oxygen atoms in total. The third kappa shape index (κ3) is 3.45. The van der Waals surface area contributed by atoms with Crippen LogP contribution in [0, 0.1) is 5.92 Å². The molecule has 2 saturated heterocycles. The number of hydrogen-bond donors (Lipinski definition) is 2. The van der Waals surface area contributed by atoms with Crippen molar-refractivity contribution in [2.24, 2.45) is 5.92 Å². The smallest absolute Gasteiger partial charge is 0.332 e. The largest absolute Gasteiger partial charge is 0.479 e. The fourth-order valence-electron chi connectivity index (χ4n) is 2.73. The van der Waals surface area contributed by atoms with E-state index in [1.54, 1.807) is 0 Å². The Hall–Kier alpha value is -1.14. The lowest BCUT2D eigenvalue weighted by Crippen LogP contribution is -2.39. The van der Waals surface area contributed by atoms with Crippen LogP contribution >= 0.6 is 0 Å². The second-order valence-electron chi connectivity index (χ2n) is 5.14. The molecule has 0 aromatic carbocycles. The normalized spacial score (nSPS) is 34.4. The molecule has 0 spiro atoms. The van der Waals surface area contributed by atoms with Crippen molar-refractivity contribution in [3.8, 4) is 0 Å². The quantitative estimate of drug-likeness (QED) is 0.762. The van der Waals surface area contributed by atoms with Gasteiger partial charge in [-0.1, -0.05) is 6.92 Å². The molecule has 0 aromatic rings. The lowest BCUT2D eigenvalue weighted by atomic mass is 9.99. The van der Waals surface area contributed by atoms with Gasteiger partial charge in [0.2, 0.25) is 5.91 Å². The van der Waals surface area contributed by atoms with Gasteiger partial charge in [0.15, 0.2) is 6.10 Å². The van der Waals surface area contributed by atoms with Crippen molar-refractivity contribution in [3.05, 3.63) is 0 Å². The summed E-state index contributed by atoms with van der Waals surface area (Å²) < 4.78 is 10.8. The van der Waals surface area contributed by atoms with Gasteiger partial charge in [0.25, 0.3) is 0 Å². The molecule has 0 radical (unpaired) electrons. The lowest BCUT2D eigenvalue weighted by molar-refractivity contribution is -0.151. The number of carbonyl (C=O) groups is 2. The highest BCUT2D eigenvalue weighted by atomic mass is 16.5. The standard InChI is InChI=1S/C13H21NO5/c1-2-9-8(5-6-18-9)7-14-12(15)10-3-4-11(19-10)13(16)17/h8-11H,2-7H2,1H3,(H,14,15)(H,16,17)/t8?,9?,10-,11+/m0/s1. The second kappa shape index (κ2) is 6.34. The van der Waals surface area contributed by atoms with E-state index in [4.69, 9.17) is 14.6 Å². The number of ether oxygens (including phenoxy) is 2. The third-order valence-corrected chi connectivity index (χ3v) is 3.87. The molecular formula is C13H21NO5. The number of carboxylic acids is 1. The second-order valence-corrected chi connectivity index (χ2v) is 5.14. The highest BCUT2D eigenvalue weighted by Crippen LogP contribution is 2.23. The maximum absolute atomic E-state index is 11.9. The summed E-state index contributed by atoms with van der Waals surface area (Å²) in [4.78, 5) is 22.6. The lowest BCUT2D eigenvalue weighted by Gasteiger charge is -2.18. The Morgan fingerprint density at radius 2 is 2.00 bits per heavy atom. The Balaban J connectivity index is 1.74. The number of amides is 1. The van der Waals surface area contributed by atoms with Crippen molar-refractivity contribution in [3.63, 3.8) is 0 Å². The van der Waals surface area contributed by atoms with Crippen LogP contribution in [0.3, 0.4) is 0 Å². The molecule has 2 fully saturated rings. The van der Waals surface area contributed by atoms with Crippen molar-refractivity contribution in [2.45, 2.75) is 50.9 Å². The van der Waals surface area contributed by atoms with Crippen LogP contribution in [0.15, 0.2) is 0 Å². The average molecular weight is 271 g/mol. The third-order valence-electron chi connectivity index (χ3n) is 3.87. The van der Waals surface area contributed by atoms with Gasteiger partial charge in [-0.15, -0.1) is 0 Å². The van der Waals surface area contributed by atoms with Gasteiger partial charge in [-0.25, -0.2) is 4.79 Å². The van der Waals surface area contributed by atoms with Crippen LogP contribution in [0.1, 0.15) is 32.6 Å². The Morgan fingerprint density at radius 1 is 1.26 bits per heavy atom. The number of rotatable bonds is 5. The molecule has 2 unspecified atom stereocenters. The van der Waals surface area contributed by atoms with Gasteiger partial charge in [-0.3, -0.25) is 4.79 Å². The summed E-state index contributed by atoms with van der Waals surface area (Å²) in [5, 5.41) is 11.7. The average Bonchev–Trinajstić information content (AvgIpc) is 3.04. The zero-order valence-electron chi connectivity index (χ0n) is 11.1. The number of aliphatic carboxylic acids is 1. The predicted molar refractivity (Wildman–Crippen MR) is 66.7 cm³/mol. The Bertz CT molecular complexity index is 346. The van der Waals surface area contributed by atoms with Gasteiger partial charge in [-0.2, -0.15) is 0 Å². The van der Waals surface area contributed by atoms with Crippen LogP contribution in [-0.2, 0) is 19.1 Å². The fourth-order valence-corrected chi connectivity index (χ4v) is 2.73. The minimum Gasteiger partial charge on any atom is -0.479 e. The Labute approximate surface area is 112 Å². The summed E-state index contributed by atoms with van der Waals surface area (Å²) in [6.45, 7) is 3.40. The van der Waals surface area contributed by atoms with Crippen molar-refractivity contribution >= 4 is 11.9 Å². The van der Waals surface area contributed by atoms with Crippen LogP contribution in [0.25, 0.3) is 0 Å². The van der Waals surface area contributed by atoms with Crippen LogP contribution in [0.5, 0.6) is 0 Å². The van der Waals surface area contributed by atoms with Crippen molar-refractivity contribution in [2.75, 3.05) is 13.2 Å². The monoisotopic (exact) mass is 271 g/mol. The molecule has 0 aliphatic carbocycles. The summed E-state index contributed by atoms with van der Waals surface area (Å²) >= 11 is 0. The van der Waals surface area contributed by atoms with Gasteiger partial charge in [0.1, 0.15) is 6.10 Å². The van der Waals surface area contributed by atoms with Crippen LogP contribution < -0.4 is 5.32 Å². The first-order valence-electron chi connectivity index (χ1n) is 6.89. The Morgan fingerprint density at radius 3 is 2.63 bits per heavy atom. The summed E-state index contributed by atoms with van der Waals surface area (Å²) in [5.41, 5.74) is 0. The van der Waals surface area contributed by atoms with Gasteiger partial charge in [0, 0.05) is 19.1 Å². The zero-order valence-corrected chi connectivity index (χ0v) is 11.1. The first kappa shape index (κ1) is 14.3. The Kier molecular flexibility index (Phi) is 4.76. The van der Waals surface area contributed by atoms with E-state index in [1.165, 1.54) is 0 Å². The maximum Gasteiger partial charge on any atom is 0.332 e. The minimum absolute atomic E-state index is 0.203. The van der Waals surface area contributed by atoms with Crippen LogP contribution in [0.4, 0.5) is 0 Å². The summed E-state index contributed by atoms with van der Waals surface area (Å²) in [6, 6.07) is 0. The van der Waals surface area contributed by atoms with Gasteiger partial charge in [0.05, 0.1) is 6.10 Å². The molecule has 2 N–H and O–H groups in total. The molecular weight excluding hydrogens is 250 g/mol. The zero-order chi connectivity index (χ0) is 13.8. The minimum atomic E-state index is -0.995. The van der Waals surface area contributed by atoms with Crippen molar-refractivity contribution < 1.29 is 24.2 Å². The summed E-state index contributed by atoms with van der Waals surface area (Å²) in [6.07, 6.45) is 1.54. The van der Waals surface area contributed by atoms with E-state index >= 15 is 0 Å². The highest BCUT2D eigenvalue weighted by Gasteiger charge is 2.35. The first-order valence-corrected chi connectivity index (χ1v) is 6.89. The van der Waals surface area contributed by atoms with E-state index in [9.17, 15) is 9.59 Å². The number of nitrogens with one attached hydrogen (secondary N) is 1. The molecule has 0 saturated carbocycles. The summed E-state index contributed by atoms with van der Waals surface area (Å²) in [7, 11) is 0. The molecule has 1 amide bonds. The molecule has 19 heavy (non-hydrogen) atoms. The molecule has 2 aliphatic heterocycles. The first-order chi connectivity index (χ1) is 9.11. The number of carboxylic acid groups (broad SMARTS) is 1.